The molecular weight excluding hydrogens is 407 g/mol. The van der Waals surface area contributed by atoms with E-state index in [0.717, 1.165) is 34.0 Å². The summed E-state index contributed by atoms with van der Waals surface area (Å²) < 4.78 is 12.1. The van der Waals surface area contributed by atoms with Crippen LogP contribution in [0.25, 0.3) is 22.6 Å². The number of fused-ring (bicyclic) bond motifs is 2. The fourth-order valence-electron chi connectivity index (χ4n) is 3.57. The molecule has 0 spiro atoms. The van der Waals surface area contributed by atoms with Crippen LogP contribution in [-0.2, 0) is 0 Å². The first-order valence-electron chi connectivity index (χ1n) is 9.09. The van der Waals surface area contributed by atoms with E-state index in [2.05, 4.69) is 9.88 Å². The minimum atomic E-state index is 0.523. The molecule has 1 aliphatic rings. The van der Waals surface area contributed by atoms with Gasteiger partial charge in [-0.1, -0.05) is 35.3 Å². The maximum atomic E-state index is 6.43. The first-order chi connectivity index (χ1) is 14.0. The van der Waals surface area contributed by atoms with Crippen LogP contribution in [0.1, 0.15) is 5.89 Å². The maximum absolute atomic E-state index is 6.43. The van der Waals surface area contributed by atoms with Gasteiger partial charge in [0.25, 0.3) is 0 Å². The van der Waals surface area contributed by atoms with E-state index < -0.39 is 0 Å². The predicted molar refractivity (Wildman–Crippen MR) is 117 cm³/mol. The molecular formula is C23H16Cl2N2O2. The molecule has 144 valence electrons. The van der Waals surface area contributed by atoms with Gasteiger partial charge in [0.05, 0.1) is 16.4 Å². The number of oxazole rings is 1. The van der Waals surface area contributed by atoms with E-state index in [0.29, 0.717) is 27.4 Å². The highest BCUT2D eigenvalue weighted by atomic mass is 35.5. The second-order valence-electron chi connectivity index (χ2n) is 6.85. The molecule has 1 aromatic heterocycles. The molecule has 29 heavy (non-hydrogen) atoms. The Morgan fingerprint density at radius 2 is 1.69 bits per heavy atom. The van der Waals surface area contributed by atoms with Gasteiger partial charge in [0.15, 0.2) is 23.1 Å². The quantitative estimate of drug-likeness (QED) is 0.335. The van der Waals surface area contributed by atoms with Crippen LogP contribution in [0.2, 0.25) is 10.0 Å². The van der Waals surface area contributed by atoms with Gasteiger partial charge in [0.1, 0.15) is 5.69 Å². The number of aromatic nitrogens is 1. The van der Waals surface area contributed by atoms with Crippen LogP contribution in [0.4, 0.5) is 11.4 Å². The van der Waals surface area contributed by atoms with Crippen molar-refractivity contribution >= 4 is 34.6 Å². The summed E-state index contributed by atoms with van der Waals surface area (Å²) in [4.78, 5) is 6.68. The minimum Gasteiger partial charge on any atom is -0.453 e. The lowest BCUT2D eigenvalue weighted by atomic mass is 10.0. The fraction of sp³-hybridized carbons (Fsp3) is 0.0870. The van der Waals surface area contributed by atoms with Gasteiger partial charge in [-0.05, 0) is 48.5 Å². The normalized spacial score (nSPS) is 12.3. The zero-order chi connectivity index (χ0) is 20.1. The molecule has 5 rings (SSSR count). The molecule has 0 unspecified atom stereocenters. The molecule has 0 saturated heterocycles. The van der Waals surface area contributed by atoms with E-state index in [9.17, 15) is 0 Å². The Morgan fingerprint density at radius 1 is 0.897 bits per heavy atom. The first-order valence-corrected chi connectivity index (χ1v) is 9.85. The SMILES string of the molecule is Cc1nc(-c2ccc(Cl)cc2Cl)c(-c2ccc3c(c2)Oc2ccccc2N3C)o1. The van der Waals surface area contributed by atoms with Crippen LogP contribution < -0.4 is 9.64 Å². The molecule has 0 fully saturated rings. The van der Waals surface area contributed by atoms with Crippen LogP contribution >= 0.6 is 23.2 Å². The highest BCUT2D eigenvalue weighted by Gasteiger charge is 2.24. The summed E-state index contributed by atoms with van der Waals surface area (Å²) in [5, 5.41) is 1.10. The van der Waals surface area contributed by atoms with Gasteiger partial charge < -0.3 is 14.1 Å². The van der Waals surface area contributed by atoms with Crippen molar-refractivity contribution in [1.82, 2.24) is 4.98 Å². The number of anilines is 2. The molecule has 0 saturated carbocycles. The van der Waals surface area contributed by atoms with Gasteiger partial charge in [-0.2, -0.15) is 0 Å². The molecule has 4 aromatic rings. The van der Waals surface area contributed by atoms with E-state index in [-0.39, 0.29) is 0 Å². The second kappa shape index (κ2) is 6.83. The number of halogens is 2. The molecule has 0 aliphatic carbocycles. The number of para-hydroxylation sites is 2. The topological polar surface area (TPSA) is 38.5 Å². The van der Waals surface area contributed by atoms with Gasteiger partial charge in [-0.3, -0.25) is 0 Å². The largest absolute Gasteiger partial charge is 0.453 e. The summed E-state index contributed by atoms with van der Waals surface area (Å²) in [5.41, 5.74) is 4.31. The summed E-state index contributed by atoms with van der Waals surface area (Å²) >= 11 is 12.5. The molecule has 1 aliphatic heterocycles. The molecule has 0 atom stereocenters. The molecule has 3 aromatic carbocycles. The molecule has 4 nitrogen and oxygen atoms in total. The van der Waals surface area contributed by atoms with Crippen molar-refractivity contribution in [2.24, 2.45) is 0 Å². The number of hydrogen-bond acceptors (Lipinski definition) is 4. The van der Waals surface area contributed by atoms with Gasteiger partial charge in [-0.15, -0.1) is 0 Å². The Bertz CT molecular complexity index is 1250. The van der Waals surface area contributed by atoms with Gasteiger partial charge in [0.2, 0.25) is 0 Å². The molecule has 0 bridgehead atoms. The standard InChI is InChI=1S/C23H16Cl2N2O2/c1-13-26-22(16-9-8-15(24)12-17(16)25)23(28-13)14-7-10-19-21(11-14)29-20-6-4-3-5-18(20)27(19)2/h3-12H,1-2H3. The molecule has 0 amide bonds. The highest BCUT2D eigenvalue weighted by molar-refractivity contribution is 6.36. The first kappa shape index (κ1) is 18.1. The number of hydrogen-bond donors (Lipinski definition) is 0. The minimum absolute atomic E-state index is 0.523. The van der Waals surface area contributed by atoms with Gasteiger partial charge in [0, 0.05) is 30.1 Å². The van der Waals surface area contributed by atoms with Gasteiger partial charge in [-0.25, -0.2) is 4.98 Å². The van der Waals surface area contributed by atoms with E-state index >= 15 is 0 Å². The molecule has 6 heteroatoms. The lowest BCUT2D eigenvalue weighted by molar-refractivity contribution is 0.475. The second-order valence-corrected chi connectivity index (χ2v) is 7.69. The highest BCUT2D eigenvalue weighted by Crippen LogP contribution is 2.47. The summed E-state index contributed by atoms with van der Waals surface area (Å²) in [6.07, 6.45) is 0. The number of rotatable bonds is 2. The lowest BCUT2D eigenvalue weighted by Gasteiger charge is -2.29. The van der Waals surface area contributed by atoms with Crippen LogP contribution in [-0.4, -0.2) is 12.0 Å². The molecule has 2 heterocycles. The Hall–Kier alpha value is -2.95. The van der Waals surface area contributed by atoms with Crippen LogP contribution in [0, 0.1) is 6.92 Å². The average molecular weight is 423 g/mol. The van der Waals surface area contributed by atoms with Crippen molar-refractivity contribution in [1.29, 1.82) is 0 Å². The van der Waals surface area contributed by atoms with Crippen molar-refractivity contribution < 1.29 is 9.15 Å². The smallest absolute Gasteiger partial charge is 0.192 e. The molecule has 0 radical (unpaired) electrons. The predicted octanol–water partition coefficient (Wildman–Crippen LogP) is 7.50. The van der Waals surface area contributed by atoms with Crippen molar-refractivity contribution in [2.75, 3.05) is 11.9 Å². The monoisotopic (exact) mass is 422 g/mol. The summed E-state index contributed by atoms with van der Waals surface area (Å²) in [5.74, 6) is 2.77. The Kier molecular flexibility index (Phi) is 4.26. The van der Waals surface area contributed by atoms with E-state index in [4.69, 9.17) is 32.4 Å². The van der Waals surface area contributed by atoms with Crippen molar-refractivity contribution in [3.63, 3.8) is 0 Å². The van der Waals surface area contributed by atoms with Gasteiger partial charge >= 0.3 is 0 Å². The summed E-state index contributed by atoms with van der Waals surface area (Å²) in [6.45, 7) is 1.82. The summed E-state index contributed by atoms with van der Waals surface area (Å²) in [6, 6.07) is 19.3. The third kappa shape index (κ3) is 3.05. The molecule has 0 N–H and O–H groups in total. The summed E-state index contributed by atoms with van der Waals surface area (Å²) in [7, 11) is 2.03. The van der Waals surface area contributed by atoms with Crippen LogP contribution in [0.15, 0.2) is 65.1 Å². The Labute approximate surface area is 178 Å². The maximum Gasteiger partial charge on any atom is 0.192 e. The van der Waals surface area contributed by atoms with E-state index in [1.807, 2.05) is 62.5 Å². The zero-order valence-electron chi connectivity index (χ0n) is 15.7. The van der Waals surface area contributed by atoms with Crippen molar-refractivity contribution in [2.45, 2.75) is 6.92 Å². The van der Waals surface area contributed by atoms with Crippen LogP contribution in [0.5, 0.6) is 11.5 Å². The van der Waals surface area contributed by atoms with Crippen molar-refractivity contribution in [3.8, 4) is 34.1 Å². The van der Waals surface area contributed by atoms with Crippen LogP contribution in [0.3, 0.4) is 0 Å². The van der Waals surface area contributed by atoms with Crippen molar-refractivity contribution in [3.05, 3.63) is 76.6 Å². The number of ether oxygens (including phenoxy) is 1. The fourth-order valence-corrected chi connectivity index (χ4v) is 4.07. The number of nitrogens with zero attached hydrogens (tertiary/aromatic N) is 2. The third-order valence-corrected chi connectivity index (χ3v) is 5.50. The van der Waals surface area contributed by atoms with E-state index in [1.54, 1.807) is 12.1 Å². The Morgan fingerprint density at radius 3 is 2.52 bits per heavy atom. The zero-order valence-corrected chi connectivity index (χ0v) is 17.3. The van der Waals surface area contributed by atoms with E-state index in [1.165, 1.54) is 0 Å². The third-order valence-electron chi connectivity index (χ3n) is 4.95. The lowest BCUT2D eigenvalue weighted by Crippen LogP contribution is -2.15. The number of benzene rings is 3. The Balaban J connectivity index is 1.62. The number of aryl methyl sites for hydroxylation is 1. The average Bonchev–Trinajstić information content (AvgIpc) is 3.09.